The van der Waals surface area contributed by atoms with Crippen LogP contribution in [0.1, 0.15) is 26.0 Å². The summed E-state index contributed by atoms with van der Waals surface area (Å²) < 4.78 is 1.85. The van der Waals surface area contributed by atoms with Crippen molar-refractivity contribution in [2.24, 2.45) is 13.0 Å². The van der Waals surface area contributed by atoms with Gasteiger partial charge in [-0.2, -0.15) is 5.10 Å². The van der Waals surface area contributed by atoms with Crippen molar-refractivity contribution in [1.82, 2.24) is 20.0 Å². The molecule has 0 spiro atoms. The number of hydrogen-bond donors (Lipinski definition) is 1. The van der Waals surface area contributed by atoms with E-state index in [2.05, 4.69) is 49.3 Å². The molecule has 1 heterocycles. The average Bonchev–Trinajstić information content (AvgIpc) is 2.59. The lowest BCUT2D eigenvalue weighted by Crippen LogP contribution is -2.38. The molecule has 4 heteroatoms. The van der Waals surface area contributed by atoms with Crippen LogP contribution in [0.5, 0.6) is 0 Å². The number of rotatable bonds is 7. The Morgan fingerprint density at radius 2 is 2.12 bits per heavy atom. The fourth-order valence-electron chi connectivity index (χ4n) is 2.04. The first-order chi connectivity index (χ1) is 7.97. The topological polar surface area (TPSA) is 33.1 Å². The molecule has 0 bridgehead atoms. The Morgan fingerprint density at radius 1 is 1.41 bits per heavy atom. The van der Waals surface area contributed by atoms with Crippen molar-refractivity contribution in [2.75, 3.05) is 20.6 Å². The molecule has 0 saturated heterocycles. The minimum atomic E-state index is 0.534. The molecule has 0 aliphatic heterocycles. The van der Waals surface area contributed by atoms with Crippen LogP contribution in [0.15, 0.2) is 12.3 Å². The lowest BCUT2D eigenvalue weighted by atomic mass is 10.0. The summed E-state index contributed by atoms with van der Waals surface area (Å²) in [6.07, 6.45) is 3.19. The van der Waals surface area contributed by atoms with Crippen LogP contribution in [0.2, 0.25) is 0 Å². The average molecular weight is 238 g/mol. The predicted molar refractivity (Wildman–Crippen MR) is 71.8 cm³/mol. The van der Waals surface area contributed by atoms with Gasteiger partial charge in [0.1, 0.15) is 0 Å². The molecule has 0 saturated carbocycles. The second-order valence-electron chi connectivity index (χ2n) is 5.45. The molecule has 1 aromatic rings. The van der Waals surface area contributed by atoms with Gasteiger partial charge in [-0.05, 0) is 32.5 Å². The fourth-order valence-corrected chi connectivity index (χ4v) is 2.04. The Morgan fingerprint density at radius 3 is 2.59 bits per heavy atom. The van der Waals surface area contributed by atoms with Gasteiger partial charge in [-0.15, -0.1) is 0 Å². The third-order valence-corrected chi connectivity index (χ3v) is 2.68. The van der Waals surface area contributed by atoms with Crippen molar-refractivity contribution in [1.29, 1.82) is 0 Å². The molecule has 17 heavy (non-hydrogen) atoms. The van der Waals surface area contributed by atoms with E-state index in [9.17, 15) is 0 Å². The van der Waals surface area contributed by atoms with Gasteiger partial charge in [-0.1, -0.05) is 13.8 Å². The molecule has 0 aliphatic carbocycles. The van der Waals surface area contributed by atoms with E-state index in [-0.39, 0.29) is 0 Å². The van der Waals surface area contributed by atoms with Gasteiger partial charge in [0.05, 0.1) is 5.69 Å². The summed E-state index contributed by atoms with van der Waals surface area (Å²) in [4.78, 5) is 2.23. The molecule has 1 rings (SSSR count). The van der Waals surface area contributed by atoms with Gasteiger partial charge < -0.3 is 10.2 Å². The van der Waals surface area contributed by atoms with Crippen LogP contribution >= 0.6 is 0 Å². The Hall–Kier alpha value is -0.870. The van der Waals surface area contributed by atoms with Gasteiger partial charge in [-0.25, -0.2) is 0 Å². The summed E-state index contributed by atoms with van der Waals surface area (Å²) in [5.74, 6) is 0.719. The van der Waals surface area contributed by atoms with Crippen molar-refractivity contribution in [3.8, 4) is 0 Å². The first-order valence-corrected chi connectivity index (χ1v) is 6.34. The highest BCUT2D eigenvalue weighted by atomic mass is 15.3. The fraction of sp³-hybridized carbons (Fsp3) is 0.769. The zero-order valence-electron chi connectivity index (χ0n) is 11.8. The molecular weight excluding hydrogens is 212 g/mol. The van der Waals surface area contributed by atoms with E-state index in [4.69, 9.17) is 0 Å². The quantitative estimate of drug-likeness (QED) is 0.781. The monoisotopic (exact) mass is 238 g/mol. The number of nitrogens with zero attached hydrogens (tertiary/aromatic N) is 3. The summed E-state index contributed by atoms with van der Waals surface area (Å²) in [5.41, 5.74) is 1.11. The van der Waals surface area contributed by atoms with Crippen LogP contribution in [-0.2, 0) is 13.6 Å². The van der Waals surface area contributed by atoms with Gasteiger partial charge in [0.25, 0.3) is 0 Å². The molecule has 0 aromatic carbocycles. The van der Waals surface area contributed by atoms with E-state index in [0.717, 1.165) is 24.7 Å². The second-order valence-corrected chi connectivity index (χ2v) is 5.45. The minimum Gasteiger partial charge on any atom is -0.308 e. The lowest BCUT2D eigenvalue weighted by molar-refractivity contribution is 0.304. The van der Waals surface area contributed by atoms with E-state index >= 15 is 0 Å². The molecule has 0 amide bonds. The second kappa shape index (κ2) is 6.77. The normalized spacial score (nSPS) is 13.6. The van der Waals surface area contributed by atoms with Crippen LogP contribution < -0.4 is 5.32 Å². The smallest absolute Gasteiger partial charge is 0.0762 e. The highest BCUT2D eigenvalue weighted by Gasteiger charge is 2.11. The molecule has 4 nitrogen and oxygen atoms in total. The Balaban J connectivity index is 2.42. The van der Waals surface area contributed by atoms with Gasteiger partial charge in [0, 0.05) is 32.4 Å². The molecule has 1 unspecified atom stereocenters. The van der Waals surface area contributed by atoms with E-state index in [1.807, 2.05) is 17.9 Å². The number of aromatic nitrogens is 2. The van der Waals surface area contributed by atoms with Crippen LogP contribution in [0.3, 0.4) is 0 Å². The zero-order valence-corrected chi connectivity index (χ0v) is 11.8. The van der Waals surface area contributed by atoms with Gasteiger partial charge in [0.15, 0.2) is 0 Å². The number of aryl methyl sites for hydroxylation is 1. The van der Waals surface area contributed by atoms with E-state index < -0.39 is 0 Å². The van der Waals surface area contributed by atoms with Gasteiger partial charge in [0.2, 0.25) is 0 Å². The largest absolute Gasteiger partial charge is 0.308 e. The third kappa shape index (κ3) is 5.84. The van der Waals surface area contributed by atoms with Gasteiger partial charge >= 0.3 is 0 Å². The maximum Gasteiger partial charge on any atom is 0.0762 e. The summed E-state index contributed by atoms with van der Waals surface area (Å²) in [6.45, 7) is 6.47. The number of hydrogen-bond acceptors (Lipinski definition) is 3. The summed E-state index contributed by atoms with van der Waals surface area (Å²) in [5, 5.41) is 7.98. The molecule has 0 aliphatic rings. The summed E-state index contributed by atoms with van der Waals surface area (Å²) >= 11 is 0. The molecule has 1 atom stereocenters. The van der Waals surface area contributed by atoms with Crippen molar-refractivity contribution < 1.29 is 0 Å². The summed E-state index contributed by atoms with van der Waals surface area (Å²) in [6, 6.07) is 2.60. The van der Waals surface area contributed by atoms with Crippen molar-refractivity contribution >= 4 is 0 Å². The Kier molecular flexibility index (Phi) is 5.65. The van der Waals surface area contributed by atoms with E-state index in [0.29, 0.717) is 6.04 Å². The number of likely N-dealkylation sites (N-methyl/N-ethyl adjacent to an activating group) is 1. The molecule has 1 N–H and O–H groups in total. The lowest BCUT2D eigenvalue weighted by Gasteiger charge is -2.23. The minimum absolute atomic E-state index is 0.534. The standard InChI is InChI=1S/C13H26N4/c1-11(2)8-13(10-16(3)4)14-9-12-6-7-17(5)15-12/h6-7,11,13-14H,8-10H2,1-5H3. The zero-order chi connectivity index (χ0) is 12.8. The Labute approximate surface area is 105 Å². The highest BCUT2D eigenvalue weighted by molar-refractivity contribution is 4.98. The Bertz CT molecular complexity index is 307. The first kappa shape index (κ1) is 14.2. The van der Waals surface area contributed by atoms with Crippen LogP contribution in [0.4, 0.5) is 0 Å². The first-order valence-electron chi connectivity index (χ1n) is 6.34. The number of nitrogens with one attached hydrogen (secondary N) is 1. The SMILES string of the molecule is CC(C)CC(CN(C)C)NCc1ccn(C)n1. The molecule has 98 valence electrons. The maximum atomic E-state index is 4.38. The van der Waals surface area contributed by atoms with Crippen molar-refractivity contribution in [2.45, 2.75) is 32.9 Å². The predicted octanol–water partition coefficient (Wildman–Crippen LogP) is 1.49. The van der Waals surface area contributed by atoms with Crippen LogP contribution in [0, 0.1) is 5.92 Å². The van der Waals surface area contributed by atoms with Crippen LogP contribution in [-0.4, -0.2) is 41.4 Å². The molecule has 0 radical (unpaired) electrons. The third-order valence-electron chi connectivity index (χ3n) is 2.68. The van der Waals surface area contributed by atoms with Crippen molar-refractivity contribution in [3.05, 3.63) is 18.0 Å². The highest BCUT2D eigenvalue weighted by Crippen LogP contribution is 2.06. The van der Waals surface area contributed by atoms with Gasteiger partial charge in [-0.3, -0.25) is 4.68 Å². The van der Waals surface area contributed by atoms with Crippen LogP contribution in [0.25, 0.3) is 0 Å². The van der Waals surface area contributed by atoms with E-state index in [1.54, 1.807) is 0 Å². The van der Waals surface area contributed by atoms with Crippen molar-refractivity contribution in [3.63, 3.8) is 0 Å². The maximum absolute atomic E-state index is 4.38. The molecular formula is C13H26N4. The van der Waals surface area contributed by atoms with E-state index in [1.165, 1.54) is 6.42 Å². The summed E-state index contributed by atoms with van der Waals surface area (Å²) in [7, 11) is 6.19. The molecule has 1 aromatic heterocycles. The molecule has 0 fully saturated rings.